The first-order valence-corrected chi connectivity index (χ1v) is 7.15. The molecule has 22 heavy (non-hydrogen) atoms. The first-order valence-electron chi connectivity index (χ1n) is 7.15. The highest BCUT2D eigenvalue weighted by Gasteiger charge is 2.35. The Morgan fingerprint density at radius 2 is 2.09 bits per heavy atom. The zero-order valence-electron chi connectivity index (χ0n) is 12.1. The standard InChI is InChI=1S/C15H16F3N3O/c1-14(7-2-3-8-19-14)13-20-12(21-22-13)10-5-4-6-11(9-10)15(16,17)18/h4-6,9,19H,2-3,7-8H2,1H3. The van der Waals surface area contributed by atoms with Gasteiger partial charge in [0.2, 0.25) is 11.7 Å². The number of rotatable bonds is 2. The Kier molecular flexibility index (Phi) is 3.68. The monoisotopic (exact) mass is 311 g/mol. The van der Waals surface area contributed by atoms with Crippen LogP contribution < -0.4 is 5.32 Å². The van der Waals surface area contributed by atoms with Gasteiger partial charge in [0.25, 0.3) is 0 Å². The molecule has 7 heteroatoms. The molecule has 0 amide bonds. The maximum absolute atomic E-state index is 12.8. The van der Waals surface area contributed by atoms with E-state index in [1.165, 1.54) is 6.07 Å². The van der Waals surface area contributed by atoms with Crippen molar-refractivity contribution < 1.29 is 17.7 Å². The largest absolute Gasteiger partial charge is 0.416 e. The van der Waals surface area contributed by atoms with Crippen LogP contribution in [0.15, 0.2) is 28.8 Å². The first-order chi connectivity index (χ1) is 10.4. The van der Waals surface area contributed by atoms with Crippen molar-refractivity contribution in [3.8, 4) is 11.4 Å². The third-order valence-electron chi connectivity index (χ3n) is 3.96. The Balaban J connectivity index is 1.91. The lowest BCUT2D eigenvalue weighted by atomic mass is 9.91. The maximum atomic E-state index is 12.8. The third-order valence-corrected chi connectivity index (χ3v) is 3.96. The first kappa shape index (κ1) is 15.0. The summed E-state index contributed by atoms with van der Waals surface area (Å²) in [7, 11) is 0. The Morgan fingerprint density at radius 1 is 1.27 bits per heavy atom. The van der Waals surface area contributed by atoms with Crippen LogP contribution in [-0.2, 0) is 11.7 Å². The summed E-state index contributed by atoms with van der Waals surface area (Å²) >= 11 is 0. The van der Waals surface area contributed by atoms with Gasteiger partial charge in [0.15, 0.2) is 0 Å². The van der Waals surface area contributed by atoms with Crippen molar-refractivity contribution in [2.24, 2.45) is 0 Å². The highest BCUT2D eigenvalue weighted by Crippen LogP contribution is 2.33. The molecule has 2 heterocycles. The predicted octanol–water partition coefficient (Wildman–Crippen LogP) is 3.74. The minimum Gasteiger partial charge on any atom is -0.337 e. The second-order valence-electron chi connectivity index (χ2n) is 5.72. The van der Waals surface area contributed by atoms with E-state index in [-0.39, 0.29) is 5.82 Å². The predicted molar refractivity (Wildman–Crippen MR) is 73.9 cm³/mol. The van der Waals surface area contributed by atoms with Gasteiger partial charge in [-0.3, -0.25) is 0 Å². The molecule has 1 fully saturated rings. The van der Waals surface area contributed by atoms with Gasteiger partial charge in [-0.05, 0) is 44.9 Å². The smallest absolute Gasteiger partial charge is 0.337 e. The van der Waals surface area contributed by atoms with Gasteiger partial charge in [0, 0.05) is 5.56 Å². The molecular formula is C15H16F3N3O. The van der Waals surface area contributed by atoms with Crippen molar-refractivity contribution in [2.75, 3.05) is 6.54 Å². The minimum atomic E-state index is -4.39. The van der Waals surface area contributed by atoms with Gasteiger partial charge in [-0.15, -0.1) is 0 Å². The Hall–Kier alpha value is -1.89. The lowest BCUT2D eigenvalue weighted by Gasteiger charge is -2.31. The second kappa shape index (κ2) is 5.39. The Labute approximate surface area is 125 Å². The molecule has 1 saturated heterocycles. The molecule has 1 atom stereocenters. The summed E-state index contributed by atoms with van der Waals surface area (Å²) in [6.07, 6.45) is -1.40. The van der Waals surface area contributed by atoms with E-state index >= 15 is 0 Å². The van der Waals surface area contributed by atoms with E-state index in [0.717, 1.165) is 37.9 Å². The van der Waals surface area contributed by atoms with Crippen molar-refractivity contribution in [2.45, 2.75) is 37.9 Å². The van der Waals surface area contributed by atoms with Crippen LogP contribution in [-0.4, -0.2) is 16.7 Å². The summed E-state index contributed by atoms with van der Waals surface area (Å²) in [6, 6.07) is 4.94. The highest BCUT2D eigenvalue weighted by atomic mass is 19.4. The molecule has 1 aliphatic heterocycles. The molecule has 0 saturated carbocycles. The molecule has 2 aromatic rings. The highest BCUT2D eigenvalue weighted by molar-refractivity contribution is 5.55. The minimum absolute atomic E-state index is 0.176. The number of nitrogens with zero attached hydrogens (tertiary/aromatic N) is 2. The van der Waals surface area contributed by atoms with Crippen LogP contribution in [0.5, 0.6) is 0 Å². The lowest BCUT2D eigenvalue weighted by Crippen LogP contribution is -2.43. The number of aromatic nitrogens is 2. The number of benzene rings is 1. The molecule has 1 aromatic heterocycles. The molecule has 4 nitrogen and oxygen atoms in total. The van der Waals surface area contributed by atoms with Gasteiger partial charge >= 0.3 is 6.18 Å². The van der Waals surface area contributed by atoms with Crippen molar-refractivity contribution >= 4 is 0 Å². The van der Waals surface area contributed by atoms with Crippen LogP contribution in [0.1, 0.15) is 37.6 Å². The van der Waals surface area contributed by atoms with Gasteiger partial charge in [-0.2, -0.15) is 18.2 Å². The van der Waals surface area contributed by atoms with Crippen molar-refractivity contribution in [3.63, 3.8) is 0 Å². The van der Waals surface area contributed by atoms with Gasteiger partial charge < -0.3 is 9.84 Å². The number of nitrogens with one attached hydrogen (secondary N) is 1. The zero-order valence-corrected chi connectivity index (χ0v) is 12.1. The fraction of sp³-hybridized carbons (Fsp3) is 0.467. The molecule has 0 radical (unpaired) electrons. The molecule has 1 aliphatic rings. The third kappa shape index (κ3) is 2.85. The Morgan fingerprint density at radius 3 is 2.77 bits per heavy atom. The van der Waals surface area contributed by atoms with E-state index in [1.807, 2.05) is 6.92 Å². The van der Waals surface area contributed by atoms with Crippen LogP contribution in [0.2, 0.25) is 0 Å². The topological polar surface area (TPSA) is 51.0 Å². The van der Waals surface area contributed by atoms with E-state index in [0.29, 0.717) is 11.5 Å². The number of halogens is 3. The summed E-state index contributed by atoms with van der Waals surface area (Å²) in [6.45, 7) is 2.83. The van der Waals surface area contributed by atoms with Crippen LogP contribution in [0.4, 0.5) is 13.2 Å². The molecule has 0 bridgehead atoms. The van der Waals surface area contributed by atoms with E-state index in [4.69, 9.17) is 4.52 Å². The van der Waals surface area contributed by atoms with Gasteiger partial charge in [0.05, 0.1) is 11.1 Å². The SMILES string of the molecule is CC1(c2nc(-c3cccc(C(F)(F)F)c3)no2)CCCCN1. The van der Waals surface area contributed by atoms with Crippen LogP contribution in [0.3, 0.4) is 0 Å². The molecule has 1 aromatic carbocycles. The number of hydrogen-bond acceptors (Lipinski definition) is 4. The summed E-state index contributed by atoms with van der Waals surface area (Å²) in [5, 5.41) is 7.17. The molecule has 0 spiro atoms. The average molecular weight is 311 g/mol. The number of piperidine rings is 1. The van der Waals surface area contributed by atoms with E-state index < -0.39 is 17.3 Å². The van der Waals surface area contributed by atoms with Crippen molar-refractivity contribution in [1.82, 2.24) is 15.5 Å². The fourth-order valence-electron chi connectivity index (χ4n) is 2.64. The van der Waals surface area contributed by atoms with Gasteiger partial charge in [-0.25, -0.2) is 0 Å². The quantitative estimate of drug-likeness (QED) is 0.918. The summed E-state index contributed by atoms with van der Waals surface area (Å²) in [5.74, 6) is 0.592. The van der Waals surface area contributed by atoms with Crippen LogP contribution >= 0.6 is 0 Å². The molecule has 0 aliphatic carbocycles. The van der Waals surface area contributed by atoms with Crippen molar-refractivity contribution in [1.29, 1.82) is 0 Å². The maximum Gasteiger partial charge on any atom is 0.416 e. The number of alkyl halides is 3. The van der Waals surface area contributed by atoms with Crippen LogP contribution in [0.25, 0.3) is 11.4 Å². The number of hydrogen-bond donors (Lipinski definition) is 1. The second-order valence-corrected chi connectivity index (χ2v) is 5.72. The van der Waals surface area contributed by atoms with Gasteiger partial charge in [-0.1, -0.05) is 17.3 Å². The van der Waals surface area contributed by atoms with E-state index in [1.54, 1.807) is 6.07 Å². The summed E-state index contributed by atoms with van der Waals surface area (Å²) in [5.41, 5.74) is -0.840. The summed E-state index contributed by atoms with van der Waals surface area (Å²) < 4.78 is 43.6. The molecule has 1 unspecified atom stereocenters. The average Bonchev–Trinajstić information content (AvgIpc) is 2.98. The molecule has 3 rings (SSSR count). The molecular weight excluding hydrogens is 295 g/mol. The zero-order chi connectivity index (χ0) is 15.8. The van der Waals surface area contributed by atoms with Crippen LogP contribution in [0, 0.1) is 0 Å². The van der Waals surface area contributed by atoms with Gasteiger partial charge in [0.1, 0.15) is 0 Å². The fourth-order valence-corrected chi connectivity index (χ4v) is 2.64. The van der Waals surface area contributed by atoms with E-state index in [9.17, 15) is 13.2 Å². The lowest BCUT2D eigenvalue weighted by molar-refractivity contribution is -0.137. The van der Waals surface area contributed by atoms with Crippen molar-refractivity contribution in [3.05, 3.63) is 35.7 Å². The van der Waals surface area contributed by atoms with E-state index in [2.05, 4.69) is 15.5 Å². The Bertz CT molecular complexity index is 660. The molecule has 1 N–H and O–H groups in total. The summed E-state index contributed by atoms with van der Waals surface area (Å²) in [4.78, 5) is 4.29. The molecule has 118 valence electrons. The normalized spacial score (nSPS) is 22.7.